The van der Waals surface area contributed by atoms with Gasteiger partial charge in [0.1, 0.15) is 5.75 Å². The zero-order valence-corrected chi connectivity index (χ0v) is 24.9. The summed E-state index contributed by atoms with van der Waals surface area (Å²) in [5, 5.41) is 2.25. The van der Waals surface area contributed by atoms with Crippen molar-refractivity contribution in [1.29, 1.82) is 0 Å². The Morgan fingerprint density at radius 3 is 2.45 bits per heavy atom. The SMILES string of the molecule is COc1cc(C(=O)N2CCN(CCCc3cccnc3)C[C@H]2Cc2ccc3ccccc3c2)cc(C(F)(F)F)c1.Cl.Cl. The van der Waals surface area contributed by atoms with Gasteiger partial charge < -0.3 is 9.64 Å². The molecule has 1 fully saturated rings. The van der Waals surface area contributed by atoms with E-state index >= 15 is 0 Å². The van der Waals surface area contributed by atoms with Gasteiger partial charge in [0.2, 0.25) is 0 Å². The topological polar surface area (TPSA) is 45.7 Å². The number of aryl methyl sites for hydroxylation is 1. The zero-order chi connectivity index (χ0) is 28.1. The highest BCUT2D eigenvalue weighted by molar-refractivity contribution is 5.95. The number of benzene rings is 3. The predicted octanol–water partition coefficient (Wildman–Crippen LogP) is 7.11. The highest BCUT2D eigenvalue weighted by Gasteiger charge is 2.35. The van der Waals surface area contributed by atoms with Crippen LogP contribution in [0.25, 0.3) is 10.8 Å². The van der Waals surface area contributed by atoms with E-state index < -0.39 is 17.6 Å². The van der Waals surface area contributed by atoms with Crippen LogP contribution >= 0.6 is 24.8 Å². The lowest BCUT2D eigenvalue weighted by Gasteiger charge is -2.42. The van der Waals surface area contributed by atoms with Crippen LogP contribution in [0.1, 0.15) is 33.5 Å². The number of aromatic nitrogens is 1. The second-order valence-corrected chi connectivity index (χ2v) is 10.3. The summed E-state index contributed by atoms with van der Waals surface area (Å²) >= 11 is 0. The predicted molar refractivity (Wildman–Crippen MR) is 164 cm³/mol. The highest BCUT2D eigenvalue weighted by Crippen LogP contribution is 2.33. The minimum atomic E-state index is -4.58. The van der Waals surface area contributed by atoms with Crippen LogP contribution < -0.4 is 4.74 Å². The molecule has 0 bridgehead atoms. The first-order valence-corrected chi connectivity index (χ1v) is 13.5. The molecule has 3 aromatic carbocycles. The maximum Gasteiger partial charge on any atom is 0.416 e. The van der Waals surface area contributed by atoms with Crippen molar-refractivity contribution in [2.24, 2.45) is 0 Å². The molecule has 5 rings (SSSR count). The van der Waals surface area contributed by atoms with Crippen molar-refractivity contribution in [2.75, 3.05) is 33.3 Å². The molecule has 5 nitrogen and oxygen atoms in total. The normalized spacial score (nSPS) is 15.5. The average molecular weight is 621 g/mol. The summed E-state index contributed by atoms with van der Waals surface area (Å²) in [6, 6.07) is 21.4. The molecule has 1 amide bonds. The van der Waals surface area contributed by atoms with Gasteiger partial charge in [-0.05, 0) is 72.0 Å². The number of fused-ring (bicyclic) bond motifs is 1. The standard InChI is InChI=1S/C32H32F3N3O2.2ClH/c1-40-30-19-27(18-28(20-30)32(33,34)35)31(39)38-15-14-37(13-5-7-23-6-4-12-36-21-23)22-29(38)17-24-10-11-25-8-2-3-9-26(25)16-24;;/h2-4,6,8-12,16,18-21,29H,5,7,13-15,17,22H2,1H3;2*1H/t29-;;/m1../s1. The van der Waals surface area contributed by atoms with Crippen LogP contribution in [0.4, 0.5) is 13.2 Å². The first-order valence-electron chi connectivity index (χ1n) is 13.5. The van der Waals surface area contributed by atoms with Gasteiger partial charge in [0, 0.05) is 43.6 Å². The van der Waals surface area contributed by atoms with Crippen molar-refractivity contribution in [3.05, 3.63) is 107 Å². The average Bonchev–Trinajstić information content (AvgIpc) is 2.97. The number of pyridine rings is 1. The molecule has 0 radical (unpaired) electrons. The lowest BCUT2D eigenvalue weighted by atomic mass is 9.98. The van der Waals surface area contributed by atoms with Crippen molar-refractivity contribution in [3.63, 3.8) is 0 Å². The summed E-state index contributed by atoms with van der Waals surface area (Å²) in [7, 11) is 1.30. The molecule has 0 unspecified atom stereocenters. The quantitative estimate of drug-likeness (QED) is 0.211. The summed E-state index contributed by atoms with van der Waals surface area (Å²) in [5.41, 5.74) is 1.36. The fraction of sp³-hybridized carbons (Fsp3) is 0.312. The van der Waals surface area contributed by atoms with Gasteiger partial charge in [-0.25, -0.2) is 0 Å². The van der Waals surface area contributed by atoms with Gasteiger partial charge in [-0.15, -0.1) is 24.8 Å². The van der Waals surface area contributed by atoms with Crippen molar-refractivity contribution >= 4 is 41.5 Å². The number of hydrogen-bond acceptors (Lipinski definition) is 4. The van der Waals surface area contributed by atoms with Crippen molar-refractivity contribution < 1.29 is 22.7 Å². The molecule has 0 saturated carbocycles. The maximum absolute atomic E-state index is 13.7. The fourth-order valence-electron chi connectivity index (χ4n) is 5.43. The molecule has 1 aliphatic rings. The van der Waals surface area contributed by atoms with E-state index in [-0.39, 0.29) is 42.2 Å². The molecule has 1 atom stereocenters. The Kier molecular flexibility index (Phi) is 11.6. The van der Waals surface area contributed by atoms with E-state index in [9.17, 15) is 18.0 Å². The number of alkyl halides is 3. The number of piperazine rings is 1. The molecular formula is C32H34Cl2F3N3O2. The van der Waals surface area contributed by atoms with Crippen LogP contribution in [0.2, 0.25) is 0 Å². The molecule has 224 valence electrons. The first-order chi connectivity index (χ1) is 19.3. The summed E-state index contributed by atoms with van der Waals surface area (Å²) < 4.78 is 45.9. The Morgan fingerprint density at radius 1 is 0.952 bits per heavy atom. The van der Waals surface area contributed by atoms with E-state index in [0.29, 0.717) is 26.1 Å². The van der Waals surface area contributed by atoms with E-state index in [0.717, 1.165) is 47.9 Å². The zero-order valence-electron chi connectivity index (χ0n) is 23.2. The van der Waals surface area contributed by atoms with E-state index in [2.05, 4.69) is 46.3 Å². The number of ether oxygens (including phenoxy) is 1. The molecule has 0 N–H and O–H groups in total. The van der Waals surface area contributed by atoms with Crippen LogP contribution in [0, 0.1) is 0 Å². The van der Waals surface area contributed by atoms with E-state index in [1.54, 1.807) is 11.1 Å². The number of carbonyl (C=O) groups is 1. The van der Waals surface area contributed by atoms with Crippen LogP contribution in [0.5, 0.6) is 5.75 Å². The third-order valence-corrected chi connectivity index (χ3v) is 7.49. The molecule has 1 aliphatic heterocycles. The Morgan fingerprint density at radius 2 is 1.74 bits per heavy atom. The summed E-state index contributed by atoms with van der Waals surface area (Å²) in [4.78, 5) is 22.0. The molecule has 1 aromatic heterocycles. The lowest BCUT2D eigenvalue weighted by molar-refractivity contribution is -0.137. The minimum Gasteiger partial charge on any atom is -0.497 e. The van der Waals surface area contributed by atoms with Gasteiger partial charge in [-0.2, -0.15) is 13.2 Å². The van der Waals surface area contributed by atoms with Gasteiger partial charge in [-0.3, -0.25) is 14.7 Å². The van der Waals surface area contributed by atoms with Crippen LogP contribution in [0.15, 0.2) is 85.2 Å². The van der Waals surface area contributed by atoms with Crippen molar-refractivity contribution in [1.82, 2.24) is 14.8 Å². The number of carbonyl (C=O) groups excluding carboxylic acids is 1. The molecule has 42 heavy (non-hydrogen) atoms. The fourth-order valence-corrected chi connectivity index (χ4v) is 5.43. The second kappa shape index (κ2) is 14.7. The number of rotatable bonds is 8. The third-order valence-electron chi connectivity index (χ3n) is 7.49. The Balaban J connectivity index is 0.00000242. The largest absolute Gasteiger partial charge is 0.497 e. The number of hydrogen-bond donors (Lipinski definition) is 0. The van der Waals surface area contributed by atoms with E-state index in [1.807, 2.05) is 24.4 Å². The van der Waals surface area contributed by atoms with Crippen LogP contribution in [0.3, 0.4) is 0 Å². The molecule has 10 heteroatoms. The lowest BCUT2D eigenvalue weighted by Crippen LogP contribution is -2.56. The smallest absolute Gasteiger partial charge is 0.416 e. The second-order valence-electron chi connectivity index (χ2n) is 10.3. The van der Waals surface area contributed by atoms with Gasteiger partial charge in [0.05, 0.1) is 12.7 Å². The van der Waals surface area contributed by atoms with E-state index in [1.165, 1.54) is 18.7 Å². The minimum absolute atomic E-state index is 0. The van der Waals surface area contributed by atoms with Crippen LogP contribution in [-0.2, 0) is 19.0 Å². The van der Waals surface area contributed by atoms with E-state index in [4.69, 9.17) is 4.74 Å². The summed E-state index contributed by atoms with van der Waals surface area (Å²) in [6.45, 7) is 2.59. The maximum atomic E-state index is 13.7. The van der Waals surface area contributed by atoms with Gasteiger partial charge >= 0.3 is 6.18 Å². The Hall–Kier alpha value is -3.33. The highest BCUT2D eigenvalue weighted by atomic mass is 35.5. The number of amides is 1. The molecule has 0 aliphatic carbocycles. The van der Waals surface area contributed by atoms with Crippen molar-refractivity contribution in [2.45, 2.75) is 31.5 Å². The summed E-state index contributed by atoms with van der Waals surface area (Å²) in [5.74, 6) is -0.400. The number of nitrogens with zero attached hydrogens (tertiary/aromatic N) is 3. The van der Waals surface area contributed by atoms with Gasteiger partial charge in [0.15, 0.2) is 0 Å². The monoisotopic (exact) mass is 619 g/mol. The van der Waals surface area contributed by atoms with Crippen LogP contribution in [-0.4, -0.2) is 60.0 Å². The molecule has 1 saturated heterocycles. The van der Waals surface area contributed by atoms with Gasteiger partial charge in [0.25, 0.3) is 5.91 Å². The Bertz CT molecular complexity index is 1470. The first kappa shape index (κ1) is 33.2. The van der Waals surface area contributed by atoms with Gasteiger partial charge in [-0.1, -0.05) is 48.5 Å². The third kappa shape index (κ3) is 8.15. The molecular weight excluding hydrogens is 586 g/mol. The number of halogens is 5. The Labute approximate surface area is 256 Å². The molecule has 0 spiro atoms. The molecule has 2 heterocycles. The molecule has 4 aromatic rings. The summed E-state index contributed by atoms with van der Waals surface area (Å²) in [6.07, 6.45) is 1.52. The number of methoxy groups -OCH3 is 1. The van der Waals surface area contributed by atoms with Crippen molar-refractivity contribution in [3.8, 4) is 5.75 Å².